The predicted octanol–water partition coefficient (Wildman–Crippen LogP) is 2.89. The minimum absolute atomic E-state index is 0.751. The second kappa shape index (κ2) is 5.04. The largest absolute Gasteiger partial charge is 0.317 e. The normalized spacial score (nSPS) is 47.1. The minimum atomic E-state index is 0.751. The van der Waals surface area contributed by atoms with Gasteiger partial charge in [-0.25, -0.2) is 0 Å². The zero-order valence-corrected chi connectivity index (χ0v) is 12.4. The number of nitrogens with one attached hydrogen (secondary N) is 1. The minimum Gasteiger partial charge on any atom is -0.317 e. The van der Waals surface area contributed by atoms with E-state index < -0.39 is 0 Å². The van der Waals surface area contributed by atoms with Gasteiger partial charge in [-0.15, -0.1) is 0 Å². The Hall–Kier alpha value is -0.0800. The summed E-state index contributed by atoms with van der Waals surface area (Å²) >= 11 is 0. The van der Waals surface area contributed by atoms with Crippen LogP contribution in [0.2, 0.25) is 0 Å². The van der Waals surface area contributed by atoms with Crippen LogP contribution in [0.5, 0.6) is 0 Å². The fourth-order valence-corrected chi connectivity index (χ4v) is 6.21. The van der Waals surface area contributed by atoms with Gasteiger partial charge in [-0.2, -0.15) is 0 Å². The van der Waals surface area contributed by atoms with Gasteiger partial charge >= 0.3 is 0 Å². The predicted molar refractivity (Wildman–Crippen MR) is 79.1 cm³/mol. The van der Waals surface area contributed by atoms with Gasteiger partial charge in [0, 0.05) is 6.54 Å². The first-order chi connectivity index (χ1) is 9.31. The molecule has 1 aliphatic heterocycles. The summed E-state index contributed by atoms with van der Waals surface area (Å²) in [6.45, 7) is 6.59. The number of nitrogens with zero attached hydrogens (tertiary/aromatic N) is 1. The SMILES string of the molecule is C1CNCCCN(CC23CC4CC(CC(C4)C2)C3)C1. The van der Waals surface area contributed by atoms with Crippen molar-refractivity contribution in [3.63, 3.8) is 0 Å². The molecule has 0 spiro atoms. The molecule has 0 atom stereocenters. The van der Waals surface area contributed by atoms with Crippen LogP contribution < -0.4 is 5.32 Å². The van der Waals surface area contributed by atoms with Crippen LogP contribution >= 0.6 is 0 Å². The van der Waals surface area contributed by atoms with E-state index in [-0.39, 0.29) is 0 Å². The standard InChI is InChI=1S/C17H30N2/c1-3-18-4-2-6-19(5-1)13-17-10-14-7-15(11-17)9-16(8-14)12-17/h14-16,18H,1-13H2. The second-order valence-corrected chi connectivity index (χ2v) is 8.15. The molecule has 0 aromatic rings. The van der Waals surface area contributed by atoms with E-state index in [1.165, 1.54) is 45.6 Å². The van der Waals surface area contributed by atoms with Gasteiger partial charge < -0.3 is 10.2 Å². The van der Waals surface area contributed by atoms with E-state index in [1.54, 1.807) is 38.5 Å². The summed E-state index contributed by atoms with van der Waals surface area (Å²) in [6.07, 6.45) is 12.2. The van der Waals surface area contributed by atoms with E-state index in [1.807, 2.05) is 0 Å². The molecule has 0 radical (unpaired) electrons. The van der Waals surface area contributed by atoms with E-state index in [4.69, 9.17) is 0 Å². The Bertz CT molecular complexity index is 282. The van der Waals surface area contributed by atoms with Gasteiger partial charge in [0.25, 0.3) is 0 Å². The smallest absolute Gasteiger partial charge is 0.00383 e. The molecule has 19 heavy (non-hydrogen) atoms. The molecule has 0 amide bonds. The summed E-state index contributed by atoms with van der Waals surface area (Å²) in [5.74, 6) is 3.34. The Balaban J connectivity index is 1.43. The van der Waals surface area contributed by atoms with Gasteiger partial charge in [0.2, 0.25) is 0 Å². The number of rotatable bonds is 2. The van der Waals surface area contributed by atoms with Crippen LogP contribution in [0.15, 0.2) is 0 Å². The molecule has 1 N–H and O–H groups in total. The van der Waals surface area contributed by atoms with Crippen molar-refractivity contribution in [2.75, 3.05) is 32.7 Å². The van der Waals surface area contributed by atoms with Gasteiger partial charge in [-0.05, 0) is 101 Å². The molecule has 0 unspecified atom stereocenters. The lowest BCUT2D eigenvalue weighted by atomic mass is 9.49. The van der Waals surface area contributed by atoms with Crippen molar-refractivity contribution in [3.05, 3.63) is 0 Å². The van der Waals surface area contributed by atoms with Crippen LogP contribution in [0, 0.1) is 23.2 Å². The van der Waals surface area contributed by atoms with Crippen molar-refractivity contribution in [1.29, 1.82) is 0 Å². The van der Waals surface area contributed by atoms with E-state index in [9.17, 15) is 0 Å². The Kier molecular flexibility index (Phi) is 3.35. The highest BCUT2D eigenvalue weighted by atomic mass is 15.1. The van der Waals surface area contributed by atoms with Gasteiger partial charge in [-0.3, -0.25) is 0 Å². The molecule has 5 fully saturated rings. The van der Waals surface area contributed by atoms with Crippen molar-refractivity contribution in [2.24, 2.45) is 23.2 Å². The summed E-state index contributed by atoms with van der Waals surface area (Å²) < 4.78 is 0. The maximum Gasteiger partial charge on any atom is 0.00383 e. The third kappa shape index (κ3) is 2.58. The molecule has 108 valence electrons. The molecule has 0 aromatic carbocycles. The Morgan fingerprint density at radius 2 is 1.37 bits per heavy atom. The van der Waals surface area contributed by atoms with E-state index >= 15 is 0 Å². The number of hydrogen-bond donors (Lipinski definition) is 1. The maximum absolute atomic E-state index is 3.54. The van der Waals surface area contributed by atoms with E-state index in [2.05, 4.69) is 10.2 Å². The molecular formula is C17H30N2. The monoisotopic (exact) mass is 262 g/mol. The first-order valence-corrected chi connectivity index (χ1v) is 8.74. The highest BCUT2D eigenvalue weighted by molar-refractivity contribution is 5.02. The first kappa shape index (κ1) is 12.6. The lowest BCUT2D eigenvalue weighted by Crippen LogP contribution is -2.52. The van der Waals surface area contributed by atoms with Crippen LogP contribution in [0.25, 0.3) is 0 Å². The Labute approximate surface area is 118 Å². The van der Waals surface area contributed by atoms with Crippen molar-refractivity contribution in [3.8, 4) is 0 Å². The lowest BCUT2D eigenvalue weighted by Gasteiger charge is -2.58. The van der Waals surface area contributed by atoms with Crippen molar-refractivity contribution in [2.45, 2.75) is 51.4 Å². The zero-order valence-electron chi connectivity index (χ0n) is 12.4. The fourth-order valence-electron chi connectivity index (χ4n) is 6.21. The molecule has 5 rings (SSSR count). The molecule has 1 saturated heterocycles. The van der Waals surface area contributed by atoms with Crippen LogP contribution in [0.1, 0.15) is 51.4 Å². The number of hydrogen-bond acceptors (Lipinski definition) is 2. The summed E-state index contributed by atoms with van der Waals surface area (Å²) in [6, 6.07) is 0. The molecule has 0 aromatic heterocycles. The summed E-state index contributed by atoms with van der Waals surface area (Å²) in [4.78, 5) is 2.83. The molecule has 1 heterocycles. The topological polar surface area (TPSA) is 15.3 Å². The molecule has 2 heteroatoms. The van der Waals surface area contributed by atoms with E-state index in [0.717, 1.165) is 23.2 Å². The fraction of sp³-hybridized carbons (Fsp3) is 1.00. The Morgan fingerprint density at radius 1 is 0.842 bits per heavy atom. The summed E-state index contributed by atoms with van der Waals surface area (Å²) in [7, 11) is 0. The molecule has 4 aliphatic carbocycles. The third-order valence-electron chi connectivity index (χ3n) is 6.38. The molecule has 2 nitrogen and oxygen atoms in total. The molecule has 5 aliphatic rings. The first-order valence-electron chi connectivity index (χ1n) is 8.74. The van der Waals surface area contributed by atoms with Crippen LogP contribution in [-0.4, -0.2) is 37.6 Å². The van der Waals surface area contributed by atoms with Gasteiger partial charge in [0.05, 0.1) is 0 Å². The van der Waals surface area contributed by atoms with Crippen molar-refractivity contribution in [1.82, 2.24) is 10.2 Å². The average Bonchev–Trinajstić information content (AvgIpc) is 2.30. The zero-order chi connectivity index (χ0) is 12.7. The van der Waals surface area contributed by atoms with Crippen LogP contribution in [-0.2, 0) is 0 Å². The summed E-state index contributed by atoms with van der Waals surface area (Å²) in [5.41, 5.74) is 0.751. The quantitative estimate of drug-likeness (QED) is 0.823. The van der Waals surface area contributed by atoms with Crippen LogP contribution in [0.3, 0.4) is 0 Å². The molecule has 4 saturated carbocycles. The van der Waals surface area contributed by atoms with Gasteiger partial charge in [0.15, 0.2) is 0 Å². The highest BCUT2D eigenvalue weighted by Gasteiger charge is 2.51. The Morgan fingerprint density at radius 3 is 1.89 bits per heavy atom. The maximum atomic E-state index is 3.54. The summed E-state index contributed by atoms with van der Waals surface area (Å²) in [5, 5.41) is 3.54. The second-order valence-electron chi connectivity index (χ2n) is 8.15. The molecular weight excluding hydrogens is 232 g/mol. The van der Waals surface area contributed by atoms with Crippen LogP contribution in [0.4, 0.5) is 0 Å². The van der Waals surface area contributed by atoms with Crippen molar-refractivity contribution >= 4 is 0 Å². The lowest BCUT2D eigenvalue weighted by molar-refractivity contribution is -0.0695. The third-order valence-corrected chi connectivity index (χ3v) is 6.38. The van der Waals surface area contributed by atoms with Crippen molar-refractivity contribution < 1.29 is 0 Å². The van der Waals surface area contributed by atoms with E-state index in [0.29, 0.717) is 0 Å². The average molecular weight is 262 g/mol. The molecule has 4 bridgehead atoms. The van der Waals surface area contributed by atoms with Gasteiger partial charge in [-0.1, -0.05) is 0 Å². The van der Waals surface area contributed by atoms with Gasteiger partial charge in [0.1, 0.15) is 0 Å². The highest BCUT2D eigenvalue weighted by Crippen LogP contribution is 2.60.